The molecule has 4 nitrogen and oxygen atoms in total. The molecule has 0 spiro atoms. The topological polar surface area (TPSA) is 64.5 Å². The van der Waals surface area contributed by atoms with Crippen LogP contribution in [0, 0.1) is 22.7 Å². The molecule has 19 heavy (non-hydrogen) atoms. The van der Waals surface area contributed by atoms with Gasteiger partial charge in [0.1, 0.15) is 17.7 Å². The van der Waals surface area contributed by atoms with Gasteiger partial charge in [0.05, 0.1) is 10.7 Å². The maximum atomic E-state index is 8.66. The van der Waals surface area contributed by atoms with E-state index in [-0.39, 0.29) is 5.57 Å². The van der Waals surface area contributed by atoms with Crippen molar-refractivity contribution in [2.45, 2.75) is 0 Å². The number of nitriles is 2. The predicted molar refractivity (Wildman–Crippen MR) is 73.7 cm³/mol. The van der Waals surface area contributed by atoms with Crippen molar-refractivity contribution < 1.29 is 0 Å². The summed E-state index contributed by atoms with van der Waals surface area (Å²) in [5.41, 5.74) is 1.55. The first kappa shape index (κ1) is 12.8. The summed E-state index contributed by atoms with van der Waals surface area (Å²) < 4.78 is 1.93. The Morgan fingerprint density at radius 3 is 2.53 bits per heavy atom. The van der Waals surface area contributed by atoms with Gasteiger partial charge in [-0.3, -0.25) is 0 Å². The zero-order valence-electron chi connectivity index (χ0n) is 9.84. The van der Waals surface area contributed by atoms with Crippen LogP contribution in [0.5, 0.6) is 0 Å². The highest BCUT2D eigenvalue weighted by Crippen LogP contribution is 2.25. The van der Waals surface area contributed by atoms with E-state index in [4.69, 9.17) is 22.1 Å². The summed E-state index contributed by atoms with van der Waals surface area (Å²) in [6, 6.07) is 12.9. The lowest BCUT2D eigenvalue weighted by Crippen LogP contribution is -1.95. The average molecular weight is 269 g/mol. The second-order valence-corrected chi connectivity index (χ2v) is 4.09. The highest BCUT2D eigenvalue weighted by molar-refractivity contribution is 6.33. The quantitative estimate of drug-likeness (QED) is 0.867. The third-order valence-corrected chi connectivity index (χ3v) is 2.80. The maximum Gasteiger partial charge on any atom is 0.145 e. The van der Waals surface area contributed by atoms with E-state index in [1.165, 1.54) is 6.20 Å². The molecule has 2 aromatic rings. The van der Waals surface area contributed by atoms with Gasteiger partial charge in [-0.05, 0) is 30.3 Å². The van der Waals surface area contributed by atoms with Gasteiger partial charge in [0.15, 0.2) is 0 Å². The first-order valence-electron chi connectivity index (χ1n) is 5.44. The third-order valence-electron chi connectivity index (χ3n) is 2.47. The van der Waals surface area contributed by atoms with Crippen molar-refractivity contribution in [3.8, 4) is 17.8 Å². The Bertz CT molecular complexity index is 671. The number of anilines is 1. The lowest BCUT2D eigenvalue weighted by atomic mass is 10.2. The fourth-order valence-corrected chi connectivity index (χ4v) is 1.70. The molecule has 0 radical (unpaired) electrons. The van der Waals surface area contributed by atoms with Gasteiger partial charge in [-0.25, -0.2) is 0 Å². The second-order valence-electron chi connectivity index (χ2n) is 3.68. The molecule has 0 aliphatic rings. The van der Waals surface area contributed by atoms with Crippen LogP contribution in [0.4, 0.5) is 5.69 Å². The summed E-state index contributed by atoms with van der Waals surface area (Å²) in [5, 5.41) is 20.7. The Morgan fingerprint density at radius 1 is 1.21 bits per heavy atom. The van der Waals surface area contributed by atoms with Crippen molar-refractivity contribution in [2.75, 3.05) is 5.32 Å². The second kappa shape index (κ2) is 5.77. The van der Waals surface area contributed by atoms with E-state index in [9.17, 15) is 0 Å². The Labute approximate surface area is 115 Å². The number of rotatable bonds is 3. The number of hydrogen-bond donors (Lipinski definition) is 1. The Morgan fingerprint density at radius 2 is 1.89 bits per heavy atom. The number of nitrogens with zero attached hydrogens (tertiary/aromatic N) is 3. The van der Waals surface area contributed by atoms with E-state index in [0.717, 1.165) is 5.69 Å². The van der Waals surface area contributed by atoms with Crippen molar-refractivity contribution in [1.82, 2.24) is 4.57 Å². The monoisotopic (exact) mass is 268 g/mol. The number of nitrogens with one attached hydrogen (secondary N) is 1. The number of benzene rings is 1. The standard InChI is InChI=1S/C14H9ClN4/c15-13-4-3-12(19-5-1-2-6-19)7-14(13)18-10-11(8-16)9-17/h1-7,10,18H. The summed E-state index contributed by atoms with van der Waals surface area (Å²) in [6.45, 7) is 0. The minimum atomic E-state index is -0.0116. The minimum absolute atomic E-state index is 0.0116. The third kappa shape index (κ3) is 2.95. The van der Waals surface area contributed by atoms with Crippen LogP contribution in [-0.2, 0) is 0 Å². The van der Waals surface area contributed by atoms with Gasteiger partial charge in [0, 0.05) is 24.3 Å². The fraction of sp³-hybridized carbons (Fsp3) is 0. The van der Waals surface area contributed by atoms with Gasteiger partial charge in [-0.1, -0.05) is 11.6 Å². The van der Waals surface area contributed by atoms with Crippen LogP contribution in [0.1, 0.15) is 0 Å². The van der Waals surface area contributed by atoms with Gasteiger partial charge in [-0.2, -0.15) is 10.5 Å². The van der Waals surface area contributed by atoms with Crippen molar-refractivity contribution >= 4 is 17.3 Å². The van der Waals surface area contributed by atoms with Gasteiger partial charge in [0.2, 0.25) is 0 Å². The van der Waals surface area contributed by atoms with E-state index in [0.29, 0.717) is 10.7 Å². The van der Waals surface area contributed by atoms with Gasteiger partial charge < -0.3 is 9.88 Å². The number of halogens is 1. The zero-order chi connectivity index (χ0) is 13.7. The van der Waals surface area contributed by atoms with Crippen LogP contribution >= 0.6 is 11.6 Å². The van der Waals surface area contributed by atoms with Crippen LogP contribution in [0.3, 0.4) is 0 Å². The van der Waals surface area contributed by atoms with Crippen molar-refractivity contribution in [2.24, 2.45) is 0 Å². The average Bonchev–Trinajstić information content (AvgIpc) is 2.96. The molecule has 1 heterocycles. The molecule has 0 unspecified atom stereocenters. The molecule has 0 bridgehead atoms. The molecule has 0 saturated heterocycles. The largest absolute Gasteiger partial charge is 0.359 e. The summed E-state index contributed by atoms with van der Waals surface area (Å²) in [5.74, 6) is 0. The van der Waals surface area contributed by atoms with Gasteiger partial charge in [-0.15, -0.1) is 0 Å². The fourth-order valence-electron chi connectivity index (χ4n) is 1.53. The lowest BCUT2D eigenvalue weighted by molar-refractivity contribution is 1.08. The van der Waals surface area contributed by atoms with Crippen LogP contribution in [-0.4, -0.2) is 4.57 Å². The van der Waals surface area contributed by atoms with E-state index in [1.807, 2.05) is 41.2 Å². The van der Waals surface area contributed by atoms with Crippen LogP contribution in [0.15, 0.2) is 54.5 Å². The Kier molecular flexibility index (Phi) is 3.87. The SMILES string of the molecule is N#CC(C#N)=CNc1cc(-n2cccc2)ccc1Cl. The Hall–Kier alpha value is -2.69. The highest BCUT2D eigenvalue weighted by atomic mass is 35.5. The summed E-state index contributed by atoms with van der Waals surface area (Å²) in [4.78, 5) is 0. The number of hydrogen-bond acceptors (Lipinski definition) is 3. The summed E-state index contributed by atoms with van der Waals surface area (Å²) in [6.07, 6.45) is 5.17. The molecule has 0 amide bonds. The Balaban J connectivity index is 2.32. The number of allylic oxidation sites excluding steroid dienone is 1. The molecule has 0 fully saturated rings. The number of aromatic nitrogens is 1. The van der Waals surface area contributed by atoms with Crippen molar-refractivity contribution in [1.29, 1.82) is 10.5 Å². The molecule has 0 saturated carbocycles. The lowest BCUT2D eigenvalue weighted by Gasteiger charge is -2.08. The summed E-state index contributed by atoms with van der Waals surface area (Å²) >= 11 is 6.06. The van der Waals surface area contributed by atoms with Crippen molar-refractivity contribution in [3.63, 3.8) is 0 Å². The molecule has 0 aliphatic carbocycles. The van der Waals surface area contributed by atoms with E-state index >= 15 is 0 Å². The molecule has 2 rings (SSSR count). The molecule has 0 aliphatic heterocycles. The predicted octanol–water partition coefficient (Wildman–Crippen LogP) is 3.47. The normalized spacial score (nSPS) is 9.21. The summed E-state index contributed by atoms with van der Waals surface area (Å²) in [7, 11) is 0. The maximum absolute atomic E-state index is 8.66. The van der Waals surface area contributed by atoms with Gasteiger partial charge >= 0.3 is 0 Å². The first-order chi connectivity index (χ1) is 9.24. The molecule has 0 atom stereocenters. The van der Waals surface area contributed by atoms with Gasteiger partial charge in [0.25, 0.3) is 0 Å². The molecule has 92 valence electrons. The zero-order valence-corrected chi connectivity index (χ0v) is 10.6. The van der Waals surface area contributed by atoms with Crippen LogP contribution in [0.2, 0.25) is 5.02 Å². The van der Waals surface area contributed by atoms with Crippen molar-refractivity contribution in [3.05, 3.63) is 59.5 Å². The van der Waals surface area contributed by atoms with E-state index in [1.54, 1.807) is 18.2 Å². The molecular formula is C14H9ClN4. The van der Waals surface area contributed by atoms with Crippen LogP contribution in [0.25, 0.3) is 5.69 Å². The molecule has 5 heteroatoms. The smallest absolute Gasteiger partial charge is 0.145 e. The first-order valence-corrected chi connectivity index (χ1v) is 5.82. The molecular weight excluding hydrogens is 260 g/mol. The molecule has 1 N–H and O–H groups in total. The van der Waals surface area contributed by atoms with E-state index < -0.39 is 0 Å². The highest BCUT2D eigenvalue weighted by Gasteiger charge is 2.02. The van der Waals surface area contributed by atoms with Crippen LogP contribution < -0.4 is 5.32 Å². The van der Waals surface area contributed by atoms with E-state index in [2.05, 4.69) is 5.32 Å². The minimum Gasteiger partial charge on any atom is -0.359 e. The molecule has 1 aromatic carbocycles. The molecule has 1 aromatic heterocycles.